The highest BCUT2D eigenvalue weighted by atomic mass is 35.5. The first kappa shape index (κ1) is 22.1. The minimum Gasteiger partial charge on any atom is -0.463 e. The largest absolute Gasteiger partial charge is 0.463 e. The smallest absolute Gasteiger partial charge is 0.164 e. The van der Waals surface area contributed by atoms with E-state index in [1.807, 2.05) is 12.1 Å². The van der Waals surface area contributed by atoms with Crippen LogP contribution in [0, 0.1) is 0 Å². The van der Waals surface area contributed by atoms with E-state index in [1.54, 1.807) is 37.6 Å². The lowest BCUT2D eigenvalue weighted by molar-refractivity contribution is -0.221. The minimum atomic E-state index is -1.51. The van der Waals surface area contributed by atoms with Crippen LogP contribution >= 0.6 is 22.9 Å². The quantitative estimate of drug-likeness (QED) is 0.514. The highest BCUT2D eigenvalue weighted by Crippen LogP contribution is 2.35. The van der Waals surface area contributed by atoms with Gasteiger partial charge in [0, 0.05) is 24.1 Å². The van der Waals surface area contributed by atoms with Crippen LogP contribution < -0.4 is 0 Å². The standard InChI is InChI=1S/C22H22ClNO6S/c1-2-14(25)22-20(28)18(26)19(27)21(30-22)11-5-6-13(23)12(8-11)9-17-24-10-16(31-17)15-4-3-7-29-15/h3-8,10,18-22,26-28H,2,9H2,1H3/t18-,19+,20-,21-,22+/m0/s1. The molecule has 31 heavy (non-hydrogen) atoms. The summed E-state index contributed by atoms with van der Waals surface area (Å²) >= 11 is 7.87. The molecule has 7 nitrogen and oxygen atoms in total. The molecule has 1 aromatic carbocycles. The molecule has 1 aliphatic rings. The van der Waals surface area contributed by atoms with Crippen molar-refractivity contribution in [2.75, 3.05) is 0 Å². The Hall–Kier alpha value is -2.07. The van der Waals surface area contributed by atoms with Crippen LogP contribution in [0.1, 0.15) is 35.6 Å². The van der Waals surface area contributed by atoms with Gasteiger partial charge in [-0.2, -0.15) is 0 Å². The number of halogens is 1. The van der Waals surface area contributed by atoms with Gasteiger partial charge in [-0.3, -0.25) is 4.79 Å². The van der Waals surface area contributed by atoms with Crippen molar-refractivity contribution < 1.29 is 29.3 Å². The van der Waals surface area contributed by atoms with Crippen LogP contribution in [-0.4, -0.2) is 50.5 Å². The predicted molar refractivity (Wildman–Crippen MR) is 115 cm³/mol. The van der Waals surface area contributed by atoms with Gasteiger partial charge in [-0.1, -0.05) is 30.7 Å². The third-order valence-electron chi connectivity index (χ3n) is 5.34. The number of furan rings is 1. The molecule has 0 saturated carbocycles. The Bertz CT molecular complexity index is 1050. The monoisotopic (exact) mass is 463 g/mol. The number of nitrogens with zero attached hydrogens (tertiary/aromatic N) is 1. The molecule has 3 aromatic rings. The highest BCUT2D eigenvalue weighted by molar-refractivity contribution is 7.15. The normalized spacial score (nSPS) is 26.2. The van der Waals surface area contributed by atoms with Gasteiger partial charge in [0.25, 0.3) is 0 Å². The molecular weight excluding hydrogens is 442 g/mol. The number of carbonyl (C=O) groups excluding carboxylic acids is 1. The molecule has 9 heteroatoms. The number of rotatable bonds is 6. The summed E-state index contributed by atoms with van der Waals surface area (Å²) in [7, 11) is 0. The van der Waals surface area contributed by atoms with E-state index < -0.39 is 30.5 Å². The summed E-state index contributed by atoms with van der Waals surface area (Å²) in [6.45, 7) is 1.65. The Labute approximate surface area is 187 Å². The Morgan fingerprint density at radius 1 is 1.19 bits per heavy atom. The van der Waals surface area contributed by atoms with Crippen molar-refractivity contribution in [3.05, 3.63) is 63.9 Å². The van der Waals surface area contributed by atoms with Gasteiger partial charge in [0.05, 0.1) is 16.1 Å². The van der Waals surface area contributed by atoms with Gasteiger partial charge in [-0.15, -0.1) is 11.3 Å². The maximum atomic E-state index is 12.2. The molecule has 3 N–H and O–H groups in total. The Kier molecular flexibility index (Phi) is 6.57. The van der Waals surface area contributed by atoms with E-state index in [0.717, 1.165) is 21.2 Å². The molecule has 5 atom stereocenters. The van der Waals surface area contributed by atoms with Crippen molar-refractivity contribution in [2.45, 2.75) is 50.3 Å². The van der Waals surface area contributed by atoms with Crippen LogP contribution in [0.5, 0.6) is 0 Å². The number of aliphatic hydroxyl groups is 3. The van der Waals surface area contributed by atoms with Crippen LogP contribution in [0.25, 0.3) is 10.6 Å². The number of ether oxygens (including phenoxy) is 1. The zero-order valence-corrected chi connectivity index (χ0v) is 18.2. The fourth-order valence-electron chi connectivity index (χ4n) is 3.62. The van der Waals surface area contributed by atoms with Crippen molar-refractivity contribution >= 4 is 28.7 Å². The van der Waals surface area contributed by atoms with E-state index in [-0.39, 0.29) is 12.2 Å². The number of hydrogen-bond acceptors (Lipinski definition) is 8. The van der Waals surface area contributed by atoms with E-state index in [9.17, 15) is 20.1 Å². The number of thiazole rings is 1. The first-order chi connectivity index (χ1) is 14.9. The summed E-state index contributed by atoms with van der Waals surface area (Å²) in [4.78, 5) is 17.5. The molecule has 1 aliphatic heterocycles. The Morgan fingerprint density at radius 3 is 2.71 bits per heavy atom. The van der Waals surface area contributed by atoms with Crippen LogP contribution in [0.3, 0.4) is 0 Å². The van der Waals surface area contributed by atoms with E-state index in [4.69, 9.17) is 20.8 Å². The molecule has 0 unspecified atom stereocenters. The number of aliphatic hydroxyl groups excluding tert-OH is 3. The van der Waals surface area contributed by atoms with Gasteiger partial charge in [-0.25, -0.2) is 4.98 Å². The zero-order valence-electron chi connectivity index (χ0n) is 16.6. The van der Waals surface area contributed by atoms with E-state index >= 15 is 0 Å². The number of Topliss-reactive ketones (excluding diaryl/α,β-unsaturated/α-hetero) is 1. The highest BCUT2D eigenvalue weighted by Gasteiger charge is 2.46. The summed E-state index contributed by atoms with van der Waals surface area (Å²) < 4.78 is 11.1. The number of benzene rings is 1. The molecule has 1 fully saturated rings. The number of ketones is 1. The molecular formula is C22H22ClNO6S. The molecule has 0 aliphatic carbocycles. The second-order valence-corrected chi connectivity index (χ2v) is 8.91. The summed E-state index contributed by atoms with van der Waals surface area (Å²) in [6.07, 6.45) is -2.64. The van der Waals surface area contributed by atoms with Crippen LogP contribution in [0.15, 0.2) is 47.2 Å². The third kappa shape index (κ3) is 4.45. The maximum Gasteiger partial charge on any atom is 0.164 e. The molecule has 2 aromatic heterocycles. The van der Waals surface area contributed by atoms with Crippen LogP contribution in [-0.2, 0) is 16.0 Å². The number of hydrogen-bond donors (Lipinski definition) is 3. The van der Waals surface area contributed by atoms with Crippen molar-refractivity contribution in [3.63, 3.8) is 0 Å². The predicted octanol–water partition coefficient (Wildman–Crippen LogP) is 3.15. The summed E-state index contributed by atoms with van der Waals surface area (Å²) in [5.41, 5.74) is 1.31. The van der Waals surface area contributed by atoms with E-state index in [2.05, 4.69) is 4.98 Å². The molecule has 4 rings (SSSR count). The maximum absolute atomic E-state index is 12.2. The molecule has 3 heterocycles. The molecule has 1 saturated heterocycles. The molecule has 164 valence electrons. The number of aromatic nitrogens is 1. The SMILES string of the molecule is CCC(=O)[C@H]1O[C@@H](c2ccc(Cl)c(Cc3ncc(-c4ccco4)s3)c2)[C@H](O)[C@H](O)[C@@H]1O. The van der Waals surface area contributed by atoms with Crippen molar-refractivity contribution in [3.8, 4) is 10.6 Å². The molecule has 0 spiro atoms. The van der Waals surface area contributed by atoms with Gasteiger partial charge >= 0.3 is 0 Å². The summed E-state index contributed by atoms with van der Waals surface area (Å²) in [5.74, 6) is 0.396. The summed E-state index contributed by atoms with van der Waals surface area (Å²) in [5, 5.41) is 32.3. The van der Waals surface area contributed by atoms with Gasteiger partial charge in [0.2, 0.25) is 0 Å². The van der Waals surface area contributed by atoms with Gasteiger partial charge in [0.15, 0.2) is 5.78 Å². The van der Waals surface area contributed by atoms with Gasteiger partial charge in [0.1, 0.15) is 36.3 Å². The Morgan fingerprint density at radius 2 is 2.00 bits per heavy atom. The van der Waals surface area contributed by atoms with E-state index in [0.29, 0.717) is 17.0 Å². The topological polar surface area (TPSA) is 113 Å². The van der Waals surface area contributed by atoms with Gasteiger partial charge < -0.3 is 24.5 Å². The fraction of sp³-hybridized carbons (Fsp3) is 0.364. The van der Waals surface area contributed by atoms with Crippen LogP contribution in [0.4, 0.5) is 0 Å². The zero-order chi connectivity index (χ0) is 22.1. The van der Waals surface area contributed by atoms with Crippen molar-refractivity contribution in [1.82, 2.24) is 4.98 Å². The van der Waals surface area contributed by atoms with E-state index in [1.165, 1.54) is 11.3 Å². The third-order valence-corrected chi connectivity index (χ3v) is 6.72. The average molecular weight is 464 g/mol. The lowest BCUT2D eigenvalue weighted by Crippen LogP contribution is -2.56. The lowest BCUT2D eigenvalue weighted by atomic mass is 9.88. The first-order valence-corrected chi connectivity index (χ1v) is 11.1. The molecule has 0 amide bonds. The Balaban J connectivity index is 1.59. The second-order valence-electron chi connectivity index (χ2n) is 7.39. The average Bonchev–Trinajstić information content (AvgIpc) is 3.45. The second kappa shape index (κ2) is 9.20. The number of carbonyl (C=O) groups is 1. The minimum absolute atomic E-state index is 0.144. The van der Waals surface area contributed by atoms with Crippen molar-refractivity contribution in [2.24, 2.45) is 0 Å². The fourth-order valence-corrected chi connectivity index (χ4v) is 4.71. The van der Waals surface area contributed by atoms with Crippen molar-refractivity contribution in [1.29, 1.82) is 0 Å². The molecule has 0 bridgehead atoms. The lowest BCUT2D eigenvalue weighted by Gasteiger charge is -2.40. The summed E-state index contributed by atoms with van der Waals surface area (Å²) in [6, 6.07) is 8.79. The first-order valence-electron chi connectivity index (χ1n) is 9.88. The van der Waals surface area contributed by atoms with Gasteiger partial charge in [-0.05, 0) is 29.3 Å². The molecule has 0 radical (unpaired) electrons. The van der Waals surface area contributed by atoms with Crippen LogP contribution in [0.2, 0.25) is 5.02 Å².